The Morgan fingerprint density at radius 1 is 1.44 bits per heavy atom. The smallest absolute Gasteiger partial charge is 0.392 e. The number of hydrogen-bond donors (Lipinski definition) is 1. The fourth-order valence-corrected chi connectivity index (χ4v) is 0.850. The minimum Gasteiger partial charge on any atom is -0.396 e. The van der Waals surface area contributed by atoms with Crippen LogP contribution in [0.4, 0.5) is 13.2 Å². The van der Waals surface area contributed by atoms with Crippen LogP contribution in [0.15, 0.2) is 0 Å². The van der Waals surface area contributed by atoms with Gasteiger partial charge in [0.25, 0.3) is 0 Å². The lowest BCUT2D eigenvalue weighted by Gasteiger charge is -2.02. The van der Waals surface area contributed by atoms with Gasteiger partial charge in [0, 0.05) is 6.61 Å². The number of hydrogen-bond acceptors (Lipinski definition) is 1. The van der Waals surface area contributed by atoms with Crippen LogP contribution in [-0.4, -0.2) is 17.9 Å². The van der Waals surface area contributed by atoms with Gasteiger partial charge in [-0.25, -0.2) is 0 Å². The van der Waals surface area contributed by atoms with Crippen LogP contribution >= 0.6 is 0 Å². The zero-order valence-corrected chi connectivity index (χ0v) is 4.65. The zero-order valence-electron chi connectivity index (χ0n) is 4.65. The molecule has 0 aliphatic heterocycles. The topological polar surface area (TPSA) is 20.2 Å². The highest BCUT2D eigenvalue weighted by atomic mass is 19.4. The molecule has 0 aromatic rings. The number of aliphatic hydroxyl groups excluding tert-OH is 1. The van der Waals surface area contributed by atoms with Crippen molar-refractivity contribution in [2.24, 2.45) is 11.8 Å². The molecule has 2 atom stereocenters. The monoisotopic (exact) mass is 140 g/mol. The van der Waals surface area contributed by atoms with Gasteiger partial charge in [-0.15, -0.1) is 0 Å². The fourth-order valence-electron chi connectivity index (χ4n) is 0.850. The maximum Gasteiger partial charge on any atom is 0.392 e. The molecule has 0 amide bonds. The Labute approximate surface area is 50.5 Å². The van der Waals surface area contributed by atoms with Crippen molar-refractivity contribution in [1.82, 2.24) is 0 Å². The molecular formula is C5H7F3O. The average Bonchev–Trinajstić information content (AvgIpc) is 2.39. The zero-order chi connectivity index (χ0) is 7.07. The van der Waals surface area contributed by atoms with Gasteiger partial charge in [-0.1, -0.05) is 0 Å². The van der Waals surface area contributed by atoms with Crippen LogP contribution in [-0.2, 0) is 0 Å². The molecule has 0 bridgehead atoms. The molecule has 0 heterocycles. The third-order valence-corrected chi connectivity index (χ3v) is 1.58. The van der Waals surface area contributed by atoms with Gasteiger partial charge in [0.15, 0.2) is 0 Å². The van der Waals surface area contributed by atoms with Crippen LogP contribution in [0.25, 0.3) is 0 Å². The van der Waals surface area contributed by atoms with Crippen molar-refractivity contribution >= 4 is 0 Å². The second-order valence-corrected chi connectivity index (χ2v) is 2.33. The molecule has 0 aromatic heterocycles. The summed E-state index contributed by atoms with van der Waals surface area (Å²) >= 11 is 0. The van der Waals surface area contributed by atoms with Gasteiger partial charge in [0.05, 0.1) is 5.92 Å². The van der Waals surface area contributed by atoms with Crippen molar-refractivity contribution in [2.45, 2.75) is 12.6 Å². The maximum atomic E-state index is 11.6. The molecule has 4 heteroatoms. The van der Waals surface area contributed by atoms with E-state index in [4.69, 9.17) is 5.11 Å². The third kappa shape index (κ3) is 1.36. The second-order valence-electron chi connectivity index (χ2n) is 2.33. The largest absolute Gasteiger partial charge is 0.396 e. The van der Waals surface area contributed by atoms with Gasteiger partial charge in [-0.05, 0) is 12.3 Å². The Bertz CT molecular complexity index is 109. The van der Waals surface area contributed by atoms with E-state index in [0.717, 1.165) is 0 Å². The van der Waals surface area contributed by atoms with Gasteiger partial charge >= 0.3 is 6.18 Å². The van der Waals surface area contributed by atoms with Gasteiger partial charge in [0.1, 0.15) is 0 Å². The van der Waals surface area contributed by atoms with E-state index >= 15 is 0 Å². The molecule has 1 rings (SSSR count). The molecule has 0 spiro atoms. The Balaban J connectivity index is 2.33. The Kier molecular flexibility index (Phi) is 1.42. The lowest BCUT2D eigenvalue weighted by atomic mass is 10.3. The van der Waals surface area contributed by atoms with E-state index in [0.29, 0.717) is 0 Å². The van der Waals surface area contributed by atoms with Crippen molar-refractivity contribution in [2.75, 3.05) is 6.61 Å². The summed E-state index contributed by atoms with van der Waals surface area (Å²) in [5.41, 5.74) is 0. The molecular weight excluding hydrogens is 133 g/mol. The molecule has 1 N–H and O–H groups in total. The molecule has 1 saturated carbocycles. The first-order valence-corrected chi connectivity index (χ1v) is 2.73. The molecule has 1 nitrogen and oxygen atoms in total. The first-order valence-electron chi connectivity index (χ1n) is 2.73. The summed E-state index contributed by atoms with van der Waals surface area (Å²) in [6.07, 6.45) is -3.96. The molecule has 0 radical (unpaired) electrons. The van der Waals surface area contributed by atoms with Crippen LogP contribution in [0.1, 0.15) is 6.42 Å². The number of aliphatic hydroxyl groups is 1. The number of rotatable bonds is 1. The van der Waals surface area contributed by atoms with Crippen molar-refractivity contribution in [3.63, 3.8) is 0 Å². The van der Waals surface area contributed by atoms with Crippen LogP contribution in [0.2, 0.25) is 0 Å². The minimum atomic E-state index is -4.08. The van der Waals surface area contributed by atoms with E-state index in [2.05, 4.69) is 0 Å². The summed E-state index contributed by atoms with van der Waals surface area (Å²) in [4.78, 5) is 0. The molecule has 1 fully saturated rings. The predicted octanol–water partition coefficient (Wildman–Crippen LogP) is 1.18. The Morgan fingerprint density at radius 3 is 2.11 bits per heavy atom. The summed E-state index contributed by atoms with van der Waals surface area (Å²) in [5.74, 6) is -1.73. The summed E-state index contributed by atoms with van der Waals surface area (Å²) in [7, 11) is 0. The maximum absolute atomic E-state index is 11.6. The third-order valence-electron chi connectivity index (χ3n) is 1.58. The predicted molar refractivity (Wildman–Crippen MR) is 24.7 cm³/mol. The highest BCUT2D eigenvalue weighted by Gasteiger charge is 2.55. The van der Waals surface area contributed by atoms with Crippen LogP contribution in [0.5, 0.6) is 0 Å². The summed E-state index contributed by atoms with van der Waals surface area (Å²) in [6.45, 7) is -0.329. The van der Waals surface area contributed by atoms with Crippen molar-refractivity contribution in [3.05, 3.63) is 0 Å². The molecule has 1 aliphatic rings. The lowest BCUT2D eigenvalue weighted by molar-refractivity contribution is -0.152. The highest BCUT2D eigenvalue weighted by Crippen LogP contribution is 2.49. The van der Waals surface area contributed by atoms with Gasteiger partial charge in [0.2, 0.25) is 0 Å². The number of alkyl halides is 3. The quantitative estimate of drug-likeness (QED) is 0.579. The molecule has 0 aromatic carbocycles. The first-order chi connectivity index (χ1) is 4.05. The van der Waals surface area contributed by atoms with Crippen LogP contribution < -0.4 is 0 Å². The molecule has 0 saturated heterocycles. The van der Waals surface area contributed by atoms with E-state index in [1.807, 2.05) is 0 Å². The second kappa shape index (κ2) is 1.87. The Morgan fingerprint density at radius 2 is 2.00 bits per heavy atom. The van der Waals surface area contributed by atoms with Crippen molar-refractivity contribution in [3.8, 4) is 0 Å². The van der Waals surface area contributed by atoms with E-state index < -0.39 is 18.0 Å². The van der Waals surface area contributed by atoms with Crippen LogP contribution in [0.3, 0.4) is 0 Å². The highest BCUT2D eigenvalue weighted by molar-refractivity contribution is 4.90. The minimum absolute atomic E-state index is 0.111. The molecule has 54 valence electrons. The SMILES string of the molecule is OC[C@@H]1C[C@H]1C(F)(F)F. The van der Waals surface area contributed by atoms with Crippen molar-refractivity contribution in [1.29, 1.82) is 0 Å². The first kappa shape index (κ1) is 6.86. The normalized spacial score (nSPS) is 34.7. The number of halogens is 3. The molecule has 1 aliphatic carbocycles. The van der Waals surface area contributed by atoms with Crippen molar-refractivity contribution < 1.29 is 18.3 Å². The fraction of sp³-hybridized carbons (Fsp3) is 1.00. The van der Waals surface area contributed by atoms with Gasteiger partial charge < -0.3 is 5.11 Å². The molecule has 9 heavy (non-hydrogen) atoms. The summed E-state index contributed by atoms with van der Waals surface area (Å²) in [6, 6.07) is 0. The van der Waals surface area contributed by atoms with Gasteiger partial charge in [-0.2, -0.15) is 13.2 Å². The van der Waals surface area contributed by atoms with E-state index in [1.54, 1.807) is 0 Å². The lowest BCUT2D eigenvalue weighted by Crippen LogP contribution is -2.12. The summed E-state index contributed by atoms with van der Waals surface area (Å²) in [5, 5.41) is 8.24. The summed E-state index contributed by atoms with van der Waals surface area (Å²) < 4.78 is 34.7. The molecule has 0 unspecified atom stereocenters. The van der Waals surface area contributed by atoms with Crippen LogP contribution in [0, 0.1) is 11.8 Å². The average molecular weight is 140 g/mol. The van der Waals surface area contributed by atoms with Gasteiger partial charge in [-0.3, -0.25) is 0 Å². The van der Waals surface area contributed by atoms with E-state index in [1.165, 1.54) is 0 Å². The van der Waals surface area contributed by atoms with E-state index in [-0.39, 0.29) is 13.0 Å². The van der Waals surface area contributed by atoms with E-state index in [9.17, 15) is 13.2 Å². The standard InChI is InChI=1S/C5H7F3O/c6-5(7,8)4-1-3(4)2-9/h3-4,9H,1-2H2/t3-,4+/m0/s1. The Hall–Kier alpha value is -0.250.